The van der Waals surface area contributed by atoms with Gasteiger partial charge in [-0.3, -0.25) is 9.59 Å². The second-order valence-electron chi connectivity index (χ2n) is 6.68. The Morgan fingerprint density at radius 3 is 2.29 bits per heavy atom. The van der Waals surface area contributed by atoms with E-state index >= 15 is 0 Å². The third-order valence-corrected chi connectivity index (χ3v) is 5.32. The minimum absolute atomic E-state index is 0.00136. The molecular formula is C18H24ClN3O2. The van der Waals surface area contributed by atoms with Gasteiger partial charge in [0.05, 0.1) is 5.92 Å². The van der Waals surface area contributed by atoms with Crippen molar-refractivity contribution in [2.75, 3.05) is 26.2 Å². The fraction of sp³-hybridized carbons (Fsp3) is 0.556. The third kappa shape index (κ3) is 3.73. The highest BCUT2D eigenvalue weighted by Gasteiger charge is 2.34. The first kappa shape index (κ1) is 17.2. The van der Waals surface area contributed by atoms with Gasteiger partial charge in [-0.05, 0) is 43.5 Å². The second-order valence-corrected chi connectivity index (χ2v) is 7.12. The van der Waals surface area contributed by atoms with E-state index in [1.165, 1.54) is 0 Å². The molecule has 1 aromatic carbocycles. The van der Waals surface area contributed by atoms with E-state index in [-0.39, 0.29) is 23.8 Å². The SMILES string of the molecule is NC1CCCC1C(=O)N1CCCN(C(=O)c2ccc(Cl)cc2)CC1. The predicted molar refractivity (Wildman–Crippen MR) is 93.9 cm³/mol. The van der Waals surface area contributed by atoms with Crippen molar-refractivity contribution in [1.29, 1.82) is 0 Å². The number of halogens is 1. The van der Waals surface area contributed by atoms with E-state index in [0.717, 1.165) is 25.7 Å². The first-order valence-electron chi connectivity index (χ1n) is 8.65. The van der Waals surface area contributed by atoms with Gasteiger partial charge < -0.3 is 15.5 Å². The van der Waals surface area contributed by atoms with E-state index in [1.807, 2.05) is 9.80 Å². The number of benzene rings is 1. The summed E-state index contributed by atoms with van der Waals surface area (Å²) in [5, 5.41) is 0.618. The van der Waals surface area contributed by atoms with Gasteiger partial charge in [0.2, 0.25) is 5.91 Å². The maximum Gasteiger partial charge on any atom is 0.253 e. The Balaban J connectivity index is 1.61. The van der Waals surface area contributed by atoms with E-state index in [1.54, 1.807) is 24.3 Å². The molecule has 0 bridgehead atoms. The lowest BCUT2D eigenvalue weighted by Crippen LogP contribution is -2.43. The van der Waals surface area contributed by atoms with E-state index in [2.05, 4.69) is 0 Å². The maximum absolute atomic E-state index is 12.7. The van der Waals surface area contributed by atoms with Crippen LogP contribution in [0.1, 0.15) is 36.0 Å². The minimum Gasteiger partial charge on any atom is -0.341 e. The highest BCUT2D eigenvalue weighted by Crippen LogP contribution is 2.26. The number of nitrogens with zero attached hydrogens (tertiary/aromatic N) is 2. The largest absolute Gasteiger partial charge is 0.341 e. The van der Waals surface area contributed by atoms with E-state index < -0.39 is 0 Å². The summed E-state index contributed by atoms with van der Waals surface area (Å²) in [4.78, 5) is 29.0. The number of carbonyl (C=O) groups excluding carboxylic acids is 2. The summed E-state index contributed by atoms with van der Waals surface area (Å²) in [6.45, 7) is 2.52. The quantitative estimate of drug-likeness (QED) is 0.889. The van der Waals surface area contributed by atoms with Gasteiger partial charge in [-0.15, -0.1) is 0 Å². The molecule has 0 radical (unpaired) electrons. The standard InChI is InChI=1S/C18H24ClN3O2/c19-14-7-5-13(6-8-14)17(23)21-9-2-10-22(12-11-21)18(24)15-3-1-4-16(15)20/h5-8,15-16H,1-4,9-12,20H2. The molecule has 2 amide bonds. The van der Waals surface area contributed by atoms with Crippen molar-refractivity contribution in [2.45, 2.75) is 31.7 Å². The van der Waals surface area contributed by atoms with Crippen molar-refractivity contribution in [3.8, 4) is 0 Å². The molecule has 1 saturated heterocycles. The third-order valence-electron chi connectivity index (χ3n) is 5.07. The van der Waals surface area contributed by atoms with Gasteiger partial charge >= 0.3 is 0 Å². The summed E-state index contributed by atoms with van der Waals surface area (Å²) in [5.74, 6) is 0.128. The Morgan fingerprint density at radius 2 is 1.62 bits per heavy atom. The van der Waals surface area contributed by atoms with E-state index in [4.69, 9.17) is 17.3 Å². The van der Waals surface area contributed by atoms with Gasteiger partial charge in [0.15, 0.2) is 0 Å². The molecule has 5 nitrogen and oxygen atoms in total. The summed E-state index contributed by atoms with van der Waals surface area (Å²) in [5.41, 5.74) is 6.70. The molecule has 24 heavy (non-hydrogen) atoms. The van der Waals surface area contributed by atoms with Crippen LogP contribution < -0.4 is 5.73 Å². The monoisotopic (exact) mass is 349 g/mol. The second kappa shape index (κ2) is 7.53. The van der Waals surface area contributed by atoms with Crippen molar-refractivity contribution < 1.29 is 9.59 Å². The van der Waals surface area contributed by atoms with Crippen molar-refractivity contribution >= 4 is 23.4 Å². The van der Waals surface area contributed by atoms with Crippen LogP contribution in [-0.2, 0) is 4.79 Å². The fourth-order valence-electron chi connectivity index (χ4n) is 3.65. The molecule has 6 heteroatoms. The average Bonchev–Trinajstić information content (AvgIpc) is 2.86. The molecule has 2 unspecified atom stereocenters. The lowest BCUT2D eigenvalue weighted by Gasteiger charge is -2.26. The molecule has 0 spiro atoms. The van der Waals surface area contributed by atoms with Gasteiger partial charge in [-0.1, -0.05) is 18.0 Å². The fourth-order valence-corrected chi connectivity index (χ4v) is 3.77. The van der Waals surface area contributed by atoms with Crippen LogP contribution in [0.4, 0.5) is 0 Å². The molecule has 3 rings (SSSR count). The average molecular weight is 350 g/mol. The van der Waals surface area contributed by atoms with Crippen LogP contribution in [0.15, 0.2) is 24.3 Å². The summed E-state index contributed by atoms with van der Waals surface area (Å²) in [7, 11) is 0. The van der Waals surface area contributed by atoms with Crippen molar-refractivity contribution in [3.05, 3.63) is 34.9 Å². The van der Waals surface area contributed by atoms with E-state index in [0.29, 0.717) is 36.8 Å². The topological polar surface area (TPSA) is 66.6 Å². The summed E-state index contributed by atoms with van der Waals surface area (Å²) in [6.07, 6.45) is 3.66. The van der Waals surface area contributed by atoms with Gasteiger partial charge in [0, 0.05) is 42.8 Å². The normalized spacial score (nSPS) is 24.8. The molecule has 1 aromatic rings. The molecule has 1 saturated carbocycles. The maximum atomic E-state index is 12.7. The Kier molecular flexibility index (Phi) is 5.41. The number of rotatable bonds is 2. The lowest BCUT2D eigenvalue weighted by atomic mass is 10.0. The smallest absolute Gasteiger partial charge is 0.253 e. The molecular weight excluding hydrogens is 326 g/mol. The molecule has 2 fully saturated rings. The van der Waals surface area contributed by atoms with Crippen LogP contribution in [0, 0.1) is 5.92 Å². The minimum atomic E-state index is -0.0384. The molecule has 2 atom stereocenters. The first-order valence-corrected chi connectivity index (χ1v) is 9.03. The van der Waals surface area contributed by atoms with Crippen LogP contribution in [0.2, 0.25) is 5.02 Å². The highest BCUT2D eigenvalue weighted by molar-refractivity contribution is 6.30. The van der Waals surface area contributed by atoms with Crippen molar-refractivity contribution in [2.24, 2.45) is 11.7 Å². The molecule has 1 heterocycles. The number of amides is 2. The molecule has 1 aliphatic heterocycles. The summed E-state index contributed by atoms with van der Waals surface area (Å²) in [6, 6.07) is 6.94. The molecule has 2 N–H and O–H groups in total. The van der Waals surface area contributed by atoms with Gasteiger partial charge in [-0.25, -0.2) is 0 Å². The number of nitrogens with two attached hydrogens (primary N) is 1. The number of hydrogen-bond donors (Lipinski definition) is 1. The van der Waals surface area contributed by atoms with Crippen LogP contribution in [0.5, 0.6) is 0 Å². The Hall–Kier alpha value is -1.59. The van der Waals surface area contributed by atoms with Crippen molar-refractivity contribution in [1.82, 2.24) is 9.80 Å². The summed E-state index contributed by atoms with van der Waals surface area (Å²) >= 11 is 5.88. The zero-order chi connectivity index (χ0) is 17.1. The Labute approximate surface area is 147 Å². The van der Waals surface area contributed by atoms with Gasteiger partial charge in [-0.2, -0.15) is 0 Å². The van der Waals surface area contributed by atoms with E-state index in [9.17, 15) is 9.59 Å². The lowest BCUT2D eigenvalue weighted by molar-refractivity contribution is -0.135. The molecule has 2 aliphatic rings. The van der Waals surface area contributed by atoms with Crippen molar-refractivity contribution in [3.63, 3.8) is 0 Å². The molecule has 0 aromatic heterocycles. The van der Waals surface area contributed by atoms with Crippen LogP contribution >= 0.6 is 11.6 Å². The predicted octanol–water partition coefficient (Wildman–Crippen LogP) is 2.14. The zero-order valence-electron chi connectivity index (χ0n) is 13.8. The van der Waals surface area contributed by atoms with Crippen LogP contribution in [-0.4, -0.2) is 53.8 Å². The summed E-state index contributed by atoms with van der Waals surface area (Å²) < 4.78 is 0. The van der Waals surface area contributed by atoms with Gasteiger partial charge in [0.1, 0.15) is 0 Å². The number of hydrogen-bond acceptors (Lipinski definition) is 3. The highest BCUT2D eigenvalue weighted by atomic mass is 35.5. The Morgan fingerprint density at radius 1 is 0.958 bits per heavy atom. The number of carbonyl (C=O) groups is 2. The Bertz CT molecular complexity index is 605. The molecule has 130 valence electrons. The van der Waals surface area contributed by atoms with Crippen LogP contribution in [0.3, 0.4) is 0 Å². The zero-order valence-corrected chi connectivity index (χ0v) is 14.5. The molecule has 1 aliphatic carbocycles. The van der Waals surface area contributed by atoms with Crippen LogP contribution in [0.25, 0.3) is 0 Å². The van der Waals surface area contributed by atoms with Gasteiger partial charge in [0.25, 0.3) is 5.91 Å². The first-order chi connectivity index (χ1) is 11.6.